The van der Waals surface area contributed by atoms with Crippen LogP contribution in [-0.4, -0.2) is 47.7 Å². The van der Waals surface area contributed by atoms with Gasteiger partial charge in [-0.05, 0) is 11.4 Å². The second-order valence-electron chi connectivity index (χ2n) is 4.91. The Bertz CT molecular complexity index is 696. The SMILES string of the molecule is COC[C@@H]1CN(S(=O)(=O)c2cccs2)Cc2ncnn2C1. The summed E-state index contributed by atoms with van der Waals surface area (Å²) < 4.78 is 34.2. The summed E-state index contributed by atoms with van der Waals surface area (Å²) in [5.41, 5.74) is 0. The van der Waals surface area contributed by atoms with Crippen molar-refractivity contribution in [1.29, 1.82) is 0 Å². The van der Waals surface area contributed by atoms with Crippen LogP contribution in [0.5, 0.6) is 0 Å². The van der Waals surface area contributed by atoms with Gasteiger partial charge in [0.15, 0.2) is 0 Å². The summed E-state index contributed by atoms with van der Waals surface area (Å²) in [7, 11) is -1.88. The quantitative estimate of drug-likeness (QED) is 0.830. The molecule has 0 aromatic carbocycles. The monoisotopic (exact) mass is 328 g/mol. The molecular weight excluding hydrogens is 312 g/mol. The van der Waals surface area contributed by atoms with Crippen molar-refractivity contribution in [2.45, 2.75) is 17.3 Å². The Hall–Kier alpha value is -1.29. The third-order valence-corrected chi connectivity index (χ3v) is 6.58. The summed E-state index contributed by atoms with van der Waals surface area (Å²) in [6, 6.07) is 3.37. The molecule has 3 rings (SSSR count). The molecule has 0 fully saturated rings. The Labute approximate surface area is 127 Å². The van der Waals surface area contributed by atoms with Crippen molar-refractivity contribution < 1.29 is 13.2 Å². The van der Waals surface area contributed by atoms with E-state index in [2.05, 4.69) is 10.1 Å². The molecule has 1 aliphatic heterocycles. The molecule has 2 aromatic heterocycles. The van der Waals surface area contributed by atoms with Gasteiger partial charge in [0, 0.05) is 26.1 Å². The minimum atomic E-state index is -3.50. The number of aromatic nitrogens is 3. The molecule has 0 unspecified atom stereocenters. The number of hydrogen-bond acceptors (Lipinski definition) is 6. The summed E-state index contributed by atoms with van der Waals surface area (Å²) in [5.74, 6) is 0.710. The normalized spacial score (nSPS) is 20.1. The molecule has 0 spiro atoms. The van der Waals surface area contributed by atoms with Crippen molar-refractivity contribution in [3.05, 3.63) is 29.7 Å². The van der Waals surface area contributed by atoms with Gasteiger partial charge in [0.2, 0.25) is 0 Å². The fourth-order valence-corrected chi connectivity index (χ4v) is 5.05. The molecule has 0 saturated carbocycles. The van der Waals surface area contributed by atoms with Crippen LogP contribution < -0.4 is 0 Å². The second kappa shape index (κ2) is 5.84. The zero-order valence-corrected chi connectivity index (χ0v) is 13.2. The molecular formula is C12H16N4O3S2. The Morgan fingerprint density at radius 2 is 2.33 bits per heavy atom. The standard InChI is InChI=1S/C12H16N4O3S2/c1-19-8-10-5-15(7-11-13-9-14-16(11)6-10)21(17,18)12-3-2-4-20-12/h2-4,9-10H,5-8H2,1H3/t10-/m1/s1. The van der Waals surface area contributed by atoms with E-state index in [1.807, 2.05) is 0 Å². The maximum absolute atomic E-state index is 12.7. The minimum absolute atomic E-state index is 0.0488. The molecule has 0 amide bonds. The molecule has 114 valence electrons. The number of sulfonamides is 1. The van der Waals surface area contributed by atoms with Crippen LogP contribution in [-0.2, 0) is 27.8 Å². The largest absolute Gasteiger partial charge is 0.384 e. The topological polar surface area (TPSA) is 77.3 Å². The van der Waals surface area contributed by atoms with Gasteiger partial charge in [0.05, 0.1) is 13.2 Å². The summed E-state index contributed by atoms with van der Waals surface area (Å²) in [4.78, 5) is 4.16. The lowest BCUT2D eigenvalue weighted by Gasteiger charge is -2.22. The van der Waals surface area contributed by atoms with Crippen molar-refractivity contribution in [3.63, 3.8) is 0 Å². The highest BCUT2D eigenvalue weighted by molar-refractivity contribution is 7.91. The van der Waals surface area contributed by atoms with Gasteiger partial charge in [-0.1, -0.05) is 6.07 Å². The summed E-state index contributed by atoms with van der Waals surface area (Å²) in [6.45, 7) is 1.73. The van der Waals surface area contributed by atoms with Crippen LogP contribution in [0, 0.1) is 5.92 Å². The van der Waals surface area contributed by atoms with E-state index in [0.29, 0.717) is 29.7 Å². The van der Waals surface area contributed by atoms with E-state index in [9.17, 15) is 8.42 Å². The molecule has 9 heteroatoms. The molecule has 1 aliphatic rings. The van der Waals surface area contributed by atoms with Crippen molar-refractivity contribution in [2.24, 2.45) is 5.92 Å². The van der Waals surface area contributed by atoms with Gasteiger partial charge in [-0.3, -0.25) is 0 Å². The number of rotatable bonds is 4. The summed E-state index contributed by atoms with van der Waals surface area (Å²) in [5, 5.41) is 5.92. The Morgan fingerprint density at radius 1 is 1.48 bits per heavy atom. The number of nitrogens with zero attached hydrogens (tertiary/aromatic N) is 4. The molecule has 21 heavy (non-hydrogen) atoms. The fraction of sp³-hybridized carbons (Fsp3) is 0.500. The smallest absolute Gasteiger partial charge is 0.252 e. The van der Waals surface area contributed by atoms with Crippen LogP contribution in [0.1, 0.15) is 5.82 Å². The zero-order chi connectivity index (χ0) is 14.9. The number of methoxy groups -OCH3 is 1. The van der Waals surface area contributed by atoms with Gasteiger partial charge in [-0.15, -0.1) is 11.3 Å². The molecule has 0 aliphatic carbocycles. The lowest BCUT2D eigenvalue weighted by molar-refractivity contribution is 0.133. The van der Waals surface area contributed by atoms with Crippen molar-refractivity contribution in [2.75, 3.05) is 20.3 Å². The Balaban J connectivity index is 1.94. The van der Waals surface area contributed by atoms with E-state index >= 15 is 0 Å². The fourth-order valence-electron chi connectivity index (χ4n) is 2.44. The molecule has 2 aromatic rings. The highest BCUT2D eigenvalue weighted by Crippen LogP contribution is 2.25. The lowest BCUT2D eigenvalue weighted by Crippen LogP contribution is -2.35. The highest BCUT2D eigenvalue weighted by atomic mass is 32.2. The molecule has 0 saturated heterocycles. The Kier molecular flexibility index (Phi) is 4.07. The average molecular weight is 328 g/mol. The van der Waals surface area contributed by atoms with Gasteiger partial charge < -0.3 is 4.74 Å². The number of thiophene rings is 1. The van der Waals surface area contributed by atoms with Gasteiger partial charge in [-0.2, -0.15) is 9.40 Å². The second-order valence-corrected chi connectivity index (χ2v) is 8.02. The zero-order valence-electron chi connectivity index (χ0n) is 11.5. The molecule has 3 heterocycles. The average Bonchev–Trinajstić information content (AvgIpc) is 3.08. The molecule has 0 N–H and O–H groups in total. The van der Waals surface area contributed by atoms with E-state index in [1.54, 1.807) is 29.3 Å². The lowest BCUT2D eigenvalue weighted by atomic mass is 10.1. The minimum Gasteiger partial charge on any atom is -0.384 e. The Morgan fingerprint density at radius 3 is 3.05 bits per heavy atom. The first-order chi connectivity index (χ1) is 10.1. The van der Waals surface area contributed by atoms with E-state index in [4.69, 9.17) is 4.74 Å². The number of ether oxygens (including phenoxy) is 1. The van der Waals surface area contributed by atoms with Crippen LogP contribution >= 0.6 is 11.3 Å². The van der Waals surface area contributed by atoms with Crippen molar-refractivity contribution >= 4 is 21.4 Å². The van der Waals surface area contributed by atoms with Crippen LogP contribution in [0.15, 0.2) is 28.0 Å². The van der Waals surface area contributed by atoms with Gasteiger partial charge in [0.25, 0.3) is 10.0 Å². The van der Waals surface area contributed by atoms with E-state index in [1.165, 1.54) is 22.0 Å². The van der Waals surface area contributed by atoms with E-state index in [0.717, 1.165) is 0 Å². The summed E-state index contributed by atoms with van der Waals surface area (Å²) in [6.07, 6.45) is 1.46. The molecule has 1 atom stereocenters. The van der Waals surface area contributed by atoms with Crippen LogP contribution in [0.3, 0.4) is 0 Å². The predicted octanol–water partition coefficient (Wildman–Crippen LogP) is 0.807. The molecule has 7 nitrogen and oxygen atoms in total. The first-order valence-electron chi connectivity index (χ1n) is 6.50. The maximum atomic E-state index is 12.7. The van der Waals surface area contributed by atoms with E-state index in [-0.39, 0.29) is 12.5 Å². The van der Waals surface area contributed by atoms with Crippen LogP contribution in [0.2, 0.25) is 0 Å². The molecule has 0 bridgehead atoms. The highest BCUT2D eigenvalue weighted by Gasteiger charge is 2.32. The van der Waals surface area contributed by atoms with E-state index < -0.39 is 10.0 Å². The van der Waals surface area contributed by atoms with Crippen molar-refractivity contribution in [3.8, 4) is 0 Å². The van der Waals surface area contributed by atoms with Gasteiger partial charge in [-0.25, -0.2) is 18.1 Å². The first-order valence-corrected chi connectivity index (χ1v) is 8.82. The van der Waals surface area contributed by atoms with Crippen molar-refractivity contribution in [1.82, 2.24) is 19.1 Å². The first kappa shape index (κ1) is 14.6. The van der Waals surface area contributed by atoms with Gasteiger partial charge >= 0.3 is 0 Å². The third-order valence-electron chi connectivity index (χ3n) is 3.40. The maximum Gasteiger partial charge on any atom is 0.252 e. The van der Waals surface area contributed by atoms with Gasteiger partial charge in [0.1, 0.15) is 16.4 Å². The van der Waals surface area contributed by atoms with Crippen LogP contribution in [0.25, 0.3) is 0 Å². The summed E-state index contributed by atoms with van der Waals surface area (Å²) >= 11 is 1.22. The molecule has 0 radical (unpaired) electrons. The number of fused-ring (bicyclic) bond motifs is 1. The predicted molar refractivity (Wildman–Crippen MR) is 77.3 cm³/mol. The number of hydrogen-bond donors (Lipinski definition) is 0. The third kappa shape index (κ3) is 2.86. The van der Waals surface area contributed by atoms with Crippen LogP contribution in [0.4, 0.5) is 0 Å².